The molecule has 0 saturated heterocycles. The summed E-state index contributed by atoms with van der Waals surface area (Å²) in [6, 6.07) is 23.0. The Bertz CT molecular complexity index is 1280. The first-order chi connectivity index (χ1) is 17.0. The highest BCUT2D eigenvalue weighted by atomic mass is 35.5. The van der Waals surface area contributed by atoms with Crippen LogP contribution in [0.2, 0.25) is 5.02 Å². The summed E-state index contributed by atoms with van der Waals surface area (Å²) >= 11 is 7.48. The molecule has 1 aromatic heterocycles. The summed E-state index contributed by atoms with van der Waals surface area (Å²) in [7, 11) is 1.62. The third-order valence-electron chi connectivity index (χ3n) is 5.28. The number of rotatable bonds is 10. The van der Waals surface area contributed by atoms with E-state index >= 15 is 0 Å². The molecule has 0 unspecified atom stereocenters. The lowest BCUT2D eigenvalue weighted by Crippen LogP contribution is -2.13. The van der Waals surface area contributed by atoms with Crippen LogP contribution in [0.25, 0.3) is 5.69 Å². The molecule has 0 fully saturated rings. The molecule has 0 aliphatic carbocycles. The van der Waals surface area contributed by atoms with Gasteiger partial charge in [0, 0.05) is 34.3 Å². The fourth-order valence-corrected chi connectivity index (χ4v) is 4.48. The van der Waals surface area contributed by atoms with Gasteiger partial charge >= 0.3 is 0 Å². The zero-order valence-corrected chi connectivity index (χ0v) is 21.1. The Balaban J connectivity index is 1.41. The quantitative estimate of drug-likeness (QED) is 0.257. The van der Waals surface area contributed by atoms with Crippen LogP contribution in [0.3, 0.4) is 0 Å². The van der Waals surface area contributed by atoms with Gasteiger partial charge in [-0.25, -0.2) is 0 Å². The number of carbonyl (C=O) groups excluding carboxylic acids is 1. The molecular weight excluding hydrogens is 482 g/mol. The summed E-state index contributed by atoms with van der Waals surface area (Å²) in [6.45, 7) is 2.43. The van der Waals surface area contributed by atoms with E-state index in [4.69, 9.17) is 16.3 Å². The van der Waals surface area contributed by atoms with Crippen LogP contribution in [0.1, 0.15) is 17.8 Å². The number of nitrogens with one attached hydrogen (secondary N) is 2. The molecule has 180 valence electrons. The lowest BCUT2D eigenvalue weighted by molar-refractivity contribution is -0.115. The molecule has 3 aromatic carbocycles. The maximum Gasteiger partial charge on any atom is 0.225 e. The van der Waals surface area contributed by atoms with Gasteiger partial charge < -0.3 is 15.4 Å². The highest BCUT2D eigenvalue weighted by Crippen LogP contribution is 2.25. The maximum atomic E-state index is 12.5. The van der Waals surface area contributed by atoms with Crippen molar-refractivity contribution in [3.05, 3.63) is 89.2 Å². The number of benzene rings is 3. The minimum atomic E-state index is -0.0545. The Kier molecular flexibility index (Phi) is 8.28. The number of nitrogens with zero attached hydrogens (tertiary/aromatic N) is 3. The third-order valence-corrected chi connectivity index (χ3v) is 6.46. The van der Waals surface area contributed by atoms with Gasteiger partial charge in [0.15, 0.2) is 11.0 Å². The lowest BCUT2D eigenvalue weighted by Gasteiger charge is -2.12. The van der Waals surface area contributed by atoms with Gasteiger partial charge in [-0.2, -0.15) is 0 Å². The number of thioether (sulfide) groups is 1. The molecule has 4 rings (SSSR count). The van der Waals surface area contributed by atoms with Crippen LogP contribution in [-0.2, 0) is 11.3 Å². The number of ether oxygens (including phenoxy) is 1. The molecule has 2 N–H and O–H groups in total. The summed E-state index contributed by atoms with van der Waals surface area (Å²) in [5.41, 5.74) is 3.64. The number of anilines is 2. The topological polar surface area (TPSA) is 81.1 Å². The minimum Gasteiger partial charge on any atom is -0.497 e. The first-order valence-corrected chi connectivity index (χ1v) is 12.5. The molecular formula is C26H26ClN5O2S. The summed E-state index contributed by atoms with van der Waals surface area (Å²) in [5, 5.41) is 16.6. The molecule has 1 heterocycles. The van der Waals surface area contributed by atoms with Gasteiger partial charge in [-0.3, -0.25) is 9.36 Å². The zero-order chi connectivity index (χ0) is 24.6. The van der Waals surface area contributed by atoms with Crippen LogP contribution in [0.5, 0.6) is 5.75 Å². The van der Waals surface area contributed by atoms with Crippen molar-refractivity contribution in [3.63, 3.8) is 0 Å². The molecule has 9 heteroatoms. The second kappa shape index (κ2) is 11.8. The second-order valence-corrected chi connectivity index (χ2v) is 9.26. The standard InChI is InChI=1S/C26H26ClN5O2S/c1-18-16-22(34-2)12-13-23(18)29-25(33)14-15-35-26-31-30-24(32(26)21-6-4-3-5-7-21)17-28-20-10-8-19(27)9-11-20/h3-13,16,28H,14-15,17H2,1-2H3,(H,29,33). The van der Waals surface area contributed by atoms with Gasteiger partial charge in [-0.1, -0.05) is 41.6 Å². The fourth-order valence-electron chi connectivity index (χ4n) is 3.44. The van der Waals surface area contributed by atoms with Crippen LogP contribution < -0.4 is 15.4 Å². The SMILES string of the molecule is COc1ccc(NC(=O)CCSc2nnc(CNc3ccc(Cl)cc3)n2-c2ccccc2)c(C)c1. The molecule has 7 nitrogen and oxygen atoms in total. The van der Waals surface area contributed by atoms with Crippen LogP contribution in [0.4, 0.5) is 11.4 Å². The number of amides is 1. The number of methoxy groups -OCH3 is 1. The van der Waals surface area contributed by atoms with Crippen molar-refractivity contribution in [3.8, 4) is 11.4 Å². The Morgan fingerprint density at radius 1 is 1.06 bits per heavy atom. The minimum absolute atomic E-state index is 0.0545. The van der Waals surface area contributed by atoms with E-state index in [0.717, 1.165) is 39.4 Å². The highest BCUT2D eigenvalue weighted by molar-refractivity contribution is 7.99. The van der Waals surface area contributed by atoms with Crippen molar-refractivity contribution in [2.24, 2.45) is 0 Å². The van der Waals surface area contributed by atoms with E-state index in [2.05, 4.69) is 20.8 Å². The molecule has 4 aromatic rings. The number of carbonyl (C=O) groups is 1. The van der Waals surface area contributed by atoms with Crippen molar-refractivity contribution >= 4 is 40.6 Å². The van der Waals surface area contributed by atoms with E-state index in [1.165, 1.54) is 11.8 Å². The fraction of sp³-hybridized carbons (Fsp3) is 0.192. The average molecular weight is 508 g/mol. The van der Waals surface area contributed by atoms with Gasteiger partial charge in [-0.05, 0) is 67.1 Å². The first kappa shape index (κ1) is 24.6. The van der Waals surface area contributed by atoms with E-state index in [-0.39, 0.29) is 5.91 Å². The van der Waals surface area contributed by atoms with Crippen LogP contribution in [0.15, 0.2) is 78.0 Å². The van der Waals surface area contributed by atoms with Gasteiger partial charge in [0.25, 0.3) is 0 Å². The van der Waals surface area contributed by atoms with E-state index < -0.39 is 0 Å². The molecule has 0 spiro atoms. The molecule has 0 bridgehead atoms. The van der Waals surface area contributed by atoms with Gasteiger partial charge in [0.2, 0.25) is 5.91 Å². The number of hydrogen-bond donors (Lipinski definition) is 2. The Morgan fingerprint density at radius 3 is 2.54 bits per heavy atom. The van der Waals surface area contributed by atoms with Crippen LogP contribution in [-0.4, -0.2) is 33.5 Å². The average Bonchev–Trinajstić information content (AvgIpc) is 3.28. The van der Waals surface area contributed by atoms with Crippen molar-refractivity contribution in [1.29, 1.82) is 0 Å². The Labute approximate surface area is 213 Å². The van der Waals surface area contributed by atoms with Crippen LogP contribution >= 0.6 is 23.4 Å². The summed E-state index contributed by atoms with van der Waals surface area (Å²) in [6.07, 6.45) is 0.343. The van der Waals surface area contributed by atoms with Crippen molar-refractivity contribution < 1.29 is 9.53 Å². The summed E-state index contributed by atoms with van der Waals surface area (Å²) in [4.78, 5) is 12.5. The van der Waals surface area contributed by atoms with Crippen molar-refractivity contribution in [2.45, 2.75) is 25.0 Å². The molecule has 0 aliphatic rings. The predicted octanol–water partition coefficient (Wildman–Crippen LogP) is 5.97. The Morgan fingerprint density at radius 2 is 1.83 bits per heavy atom. The smallest absolute Gasteiger partial charge is 0.225 e. The third kappa shape index (κ3) is 6.55. The molecule has 0 radical (unpaired) electrons. The summed E-state index contributed by atoms with van der Waals surface area (Å²) in [5.74, 6) is 2.04. The molecule has 1 amide bonds. The number of aryl methyl sites for hydroxylation is 1. The number of hydrogen-bond acceptors (Lipinski definition) is 6. The van der Waals surface area contributed by atoms with E-state index in [0.29, 0.717) is 23.7 Å². The van der Waals surface area contributed by atoms with Crippen LogP contribution in [0, 0.1) is 6.92 Å². The normalized spacial score (nSPS) is 10.7. The monoisotopic (exact) mass is 507 g/mol. The predicted molar refractivity (Wildman–Crippen MR) is 142 cm³/mol. The Hall–Kier alpha value is -3.49. The van der Waals surface area contributed by atoms with Crippen molar-refractivity contribution in [2.75, 3.05) is 23.5 Å². The first-order valence-electron chi connectivity index (χ1n) is 11.1. The lowest BCUT2D eigenvalue weighted by atomic mass is 10.2. The number of aromatic nitrogens is 3. The largest absolute Gasteiger partial charge is 0.497 e. The molecule has 0 aliphatic heterocycles. The highest BCUT2D eigenvalue weighted by Gasteiger charge is 2.15. The zero-order valence-electron chi connectivity index (χ0n) is 19.5. The van der Waals surface area contributed by atoms with E-state index in [9.17, 15) is 4.79 Å². The molecule has 35 heavy (non-hydrogen) atoms. The van der Waals surface area contributed by atoms with E-state index in [1.807, 2.05) is 84.3 Å². The molecule has 0 atom stereocenters. The van der Waals surface area contributed by atoms with E-state index in [1.54, 1.807) is 7.11 Å². The van der Waals surface area contributed by atoms with Gasteiger partial charge in [0.05, 0.1) is 13.7 Å². The summed E-state index contributed by atoms with van der Waals surface area (Å²) < 4.78 is 7.24. The second-order valence-electron chi connectivity index (χ2n) is 7.76. The molecule has 0 saturated carbocycles. The number of halogens is 1. The van der Waals surface area contributed by atoms with Gasteiger partial charge in [0.1, 0.15) is 5.75 Å². The number of para-hydroxylation sites is 1. The van der Waals surface area contributed by atoms with Crippen molar-refractivity contribution in [1.82, 2.24) is 14.8 Å². The van der Waals surface area contributed by atoms with Gasteiger partial charge in [-0.15, -0.1) is 10.2 Å². The maximum absolute atomic E-state index is 12.5.